The quantitative estimate of drug-likeness (QED) is 0.789. The smallest absolute Gasteiger partial charge is 0.0648 e. The summed E-state index contributed by atoms with van der Waals surface area (Å²) in [7, 11) is 0. The molecule has 1 aliphatic carbocycles. The van der Waals surface area contributed by atoms with Gasteiger partial charge >= 0.3 is 0 Å². The van der Waals surface area contributed by atoms with E-state index in [9.17, 15) is 0 Å². The second-order valence-corrected chi connectivity index (χ2v) is 5.84. The van der Waals surface area contributed by atoms with Crippen molar-refractivity contribution in [1.82, 2.24) is 10.3 Å². The topological polar surface area (TPSA) is 27.8 Å². The normalized spacial score (nSPS) is 19.4. The first-order valence-electron chi connectivity index (χ1n) is 7.33. The molecule has 0 spiro atoms. The molecule has 2 aromatic rings. The van der Waals surface area contributed by atoms with Crippen LogP contribution in [0.5, 0.6) is 0 Å². The van der Waals surface area contributed by atoms with Crippen LogP contribution in [-0.4, -0.2) is 11.5 Å². The van der Waals surface area contributed by atoms with Gasteiger partial charge in [-0.05, 0) is 43.9 Å². The molecule has 1 aromatic carbocycles. The van der Waals surface area contributed by atoms with Gasteiger partial charge < -0.3 is 10.3 Å². The van der Waals surface area contributed by atoms with Crippen molar-refractivity contribution in [1.29, 1.82) is 0 Å². The molecule has 102 valence electrons. The Morgan fingerprint density at radius 3 is 3.11 bits per heavy atom. The summed E-state index contributed by atoms with van der Waals surface area (Å²) in [6.45, 7) is 3.30. The molecule has 0 saturated heterocycles. The van der Waals surface area contributed by atoms with Crippen LogP contribution in [0.25, 0.3) is 10.9 Å². The summed E-state index contributed by atoms with van der Waals surface area (Å²) in [4.78, 5) is 3.56. The molecule has 1 aliphatic rings. The molecule has 2 nitrogen and oxygen atoms in total. The Kier molecular flexibility index (Phi) is 3.81. The van der Waals surface area contributed by atoms with Gasteiger partial charge in [0.2, 0.25) is 0 Å². The molecule has 1 unspecified atom stereocenters. The zero-order valence-corrected chi connectivity index (χ0v) is 12.2. The third-order valence-electron chi connectivity index (χ3n) is 4.06. The van der Waals surface area contributed by atoms with Gasteiger partial charge in [0.15, 0.2) is 0 Å². The molecular weight excluding hydrogens is 256 g/mol. The summed E-state index contributed by atoms with van der Waals surface area (Å²) in [5, 5.41) is 5.84. The van der Waals surface area contributed by atoms with Crippen molar-refractivity contribution in [2.45, 2.75) is 45.1 Å². The van der Waals surface area contributed by atoms with E-state index in [0.29, 0.717) is 6.04 Å². The summed E-state index contributed by atoms with van der Waals surface area (Å²) in [6, 6.07) is 6.70. The number of fused-ring (bicyclic) bond motifs is 3. The summed E-state index contributed by atoms with van der Waals surface area (Å²) in [6.07, 6.45) is 6.11. The molecule has 0 amide bonds. The molecule has 1 aromatic heterocycles. The second-order valence-electron chi connectivity index (χ2n) is 5.43. The van der Waals surface area contributed by atoms with Crippen LogP contribution in [0.15, 0.2) is 18.2 Å². The molecule has 0 radical (unpaired) electrons. The van der Waals surface area contributed by atoms with Crippen molar-refractivity contribution in [2.24, 2.45) is 0 Å². The second kappa shape index (κ2) is 5.56. The van der Waals surface area contributed by atoms with Gasteiger partial charge in [-0.2, -0.15) is 0 Å². The predicted molar refractivity (Wildman–Crippen MR) is 81.9 cm³/mol. The van der Waals surface area contributed by atoms with E-state index >= 15 is 0 Å². The number of hydrogen-bond donors (Lipinski definition) is 2. The lowest BCUT2D eigenvalue weighted by atomic mass is 10.0. The molecule has 1 atom stereocenters. The van der Waals surface area contributed by atoms with Crippen LogP contribution >= 0.6 is 11.6 Å². The van der Waals surface area contributed by atoms with Crippen molar-refractivity contribution < 1.29 is 0 Å². The molecule has 19 heavy (non-hydrogen) atoms. The third-order valence-corrected chi connectivity index (χ3v) is 4.38. The Morgan fingerprint density at radius 1 is 1.37 bits per heavy atom. The highest BCUT2D eigenvalue weighted by atomic mass is 35.5. The van der Waals surface area contributed by atoms with E-state index in [2.05, 4.69) is 29.4 Å². The van der Waals surface area contributed by atoms with Crippen LogP contribution in [0.2, 0.25) is 5.02 Å². The van der Waals surface area contributed by atoms with E-state index in [1.54, 1.807) is 0 Å². The first-order valence-corrected chi connectivity index (χ1v) is 7.71. The lowest BCUT2D eigenvalue weighted by Gasteiger charge is -2.17. The first kappa shape index (κ1) is 13.0. The number of benzene rings is 1. The summed E-state index contributed by atoms with van der Waals surface area (Å²) in [5.74, 6) is 0. The number of hydrogen-bond acceptors (Lipinski definition) is 1. The maximum absolute atomic E-state index is 6.32. The first-order chi connectivity index (χ1) is 9.31. The van der Waals surface area contributed by atoms with Crippen LogP contribution in [-0.2, 0) is 6.42 Å². The highest BCUT2D eigenvalue weighted by Gasteiger charge is 2.23. The van der Waals surface area contributed by atoms with Crippen LogP contribution in [0, 0.1) is 0 Å². The summed E-state index contributed by atoms with van der Waals surface area (Å²) in [5.41, 5.74) is 3.96. The third kappa shape index (κ3) is 2.39. The molecular formula is C16H21ClN2. The van der Waals surface area contributed by atoms with Crippen LogP contribution in [0.1, 0.15) is 49.9 Å². The van der Waals surface area contributed by atoms with Gasteiger partial charge in [-0.3, -0.25) is 0 Å². The van der Waals surface area contributed by atoms with E-state index < -0.39 is 0 Å². The van der Waals surface area contributed by atoms with E-state index in [1.165, 1.54) is 42.3 Å². The number of para-hydroxylation sites is 1. The number of aromatic amines is 1. The van der Waals surface area contributed by atoms with Crippen molar-refractivity contribution in [3.63, 3.8) is 0 Å². The Bertz CT molecular complexity index is 573. The SMILES string of the molecule is CCCNC1CCCCc2[nH]c3c(Cl)cccc3c21. The Hall–Kier alpha value is -0.990. The predicted octanol–water partition coefficient (Wildman–Crippen LogP) is 4.59. The van der Waals surface area contributed by atoms with Crippen LogP contribution < -0.4 is 5.32 Å². The number of halogens is 1. The van der Waals surface area contributed by atoms with E-state index in [-0.39, 0.29) is 0 Å². The van der Waals surface area contributed by atoms with Gasteiger partial charge in [0, 0.05) is 17.1 Å². The fourth-order valence-corrected chi connectivity index (χ4v) is 3.39. The molecule has 0 aliphatic heterocycles. The van der Waals surface area contributed by atoms with Gasteiger partial charge in [-0.1, -0.05) is 37.1 Å². The molecule has 3 heteroatoms. The van der Waals surface area contributed by atoms with E-state index in [4.69, 9.17) is 11.6 Å². The fraction of sp³-hybridized carbons (Fsp3) is 0.500. The van der Waals surface area contributed by atoms with E-state index in [0.717, 1.165) is 23.5 Å². The summed E-state index contributed by atoms with van der Waals surface area (Å²) >= 11 is 6.32. The average molecular weight is 277 g/mol. The molecule has 0 fully saturated rings. The Labute approximate surface area is 119 Å². The molecule has 0 saturated carbocycles. The van der Waals surface area contributed by atoms with Gasteiger partial charge in [-0.15, -0.1) is 0 Å². The number of nitrogens with one attached hydrogen (secondary N) is 2. The van der Waals surface area contributed by atoms with Crippen LogP contribution in [0.3, 0.4) is 0 Å². The zero-order valence-electron chi connectivity index (χ0n) is 11.4. The van der Waals surface area contributed by atoms with E-state index in [1.807, 2.05) is 6.07 Å². The van der Waals surface area contributed by atoms with Gasteiger partial charge in [0.1, 0.15) is 0 Å². The highest BCUT2D eigenvalue weighted by molar-refractivity contribution is 6.35. The lowest BCUT2D eigenvalue weighted by Crippen LogP contribution is -2.22. The monoisotopic (exact) mass is 276 g/mol. The average Bonchev–Trinajstić information content (AvgIpc) is 2.67. The molecule has 0 bridgehead atoms. The number of rotatable bonds is 3. The van der Waals surface area contributed by atoms with Crippen molar-refractivity contribution >= 4 is 22.5 Å². The molecule has 1 heterocycles. The van der Waals surface area contributed by atoms with Gasteiger partial charge in [0.05, 0.1) is 10.5 Å². The largest absolute Gasteiger partial charge is 0.357 e. The Balaban J connectivity index is 2.10. The minimum Gasteiger partial charge on any atom is -0.357 e. The highest BCUT2D eigenvalue weighted by Crippen LogP contribution is 2.36. The number of aromatic nitrogens is 1. The molecule has 3 rings (SSSR count). The maximum Gasteiger partial charge on any atom is 0.0648 e. The minimum atomic E-state index is 0.477. The Morgan fingerprint density at radius 2 is 2.26 bits per heavy atom. The fourth-order valence-electron chi connectivity index (χ4n) is 3.17. The minimum absolute atomic E-state index is 0.477. The maximum atomic E-state index is 6.32. The van der Waals surface area contributed by atoms with Crippen molar-refractivity contribution in [2.75, 3.05) is 6.54 Å². The van der Waals surface area contributed by atoms with Crippen LogP contribution in [0.4, 0.5) is 0 Å². The van der Waals surface area contributed by atoms with Crippen molar-refractivity contribution in [3.05, 3.63) is 34.5 Å². The van der Waals surface area contributed by atoms with Crippen molar-refractivity contribution in [3.8, 4) is 0 Å². The lowest BCUT2D eigenvalue weighted by molar-refractivity contribution is 0.492. The summed E-state index contributed by atoms with van der Waals surface area (Å²) < 4.78 is 0. The van der Waals surface area contributed by atoms with Gasteiger partial charge in [-0.25, -0.2) is 0 Å². The zero-order chi connectivity index (χ0) is 13.2. The molecule has 2 N–H and O–H groups in total. The van der Waals surface area contributed by atoms with Gasteiger partial charge in [0.25, 0.3) is 0 Å². The number of aryl methyl sites for hydroxylation is 1. The standard InChI is InChI=1S/C16H21ClN2/c1-2-10-18-13-8-3-4-9-14-15(13)11-6-5-7-12(17)16(11)19-14/h5-7,13,18-19H,2-4,8-10H2,1H3. The number of H-pyrrole nitrogens is 1.